The van der Waals surface area contributed by atoms with Gasteiger partial charge in [0.2, 0.25) is 5.75 Å². The first kappa shape index (κ1) is 18.4. The van der Waals surface area contributed by atoms with Gasteiger partial charge >= 0.3 is 11.6 Å². The van der Waals surface area contributed by atoms with E-state index in [9.17, 15) is 14.7 Å². The molecular formula is C18H20O7. The largest absolute Gasteiger partial charge is 0.504 e. The summed E-state index contributed by atoms with van der Waals surface area (Å²) in [5, 5.41) is 19.2. The number of fused-ring (bicyclic) bond motifs is 1. The van der Waals surface area contributed by atoms with Crippen LogP contribution in [-0.4, -0.2) is 29.4 Å². The number of carboxylic acid groups (broad SMARTS) is 1. The molecule has 0 radical (unpaired) electrons. The standard InChI is InChI=1S/C18H20O7/c1-11(2)8-10-24-17-15(21)12-5-3-6-13(16(12)25-18(17)22)23-9-4-7-14(19)20/h3,5-6,8,21H,4,7,9-10H2,1-2H3,(H,19,20). The first-order valence-corrected chi connectivity index (χ1v) is 7.79. The molecule has 2 N–H and O–H groups in total. The van der Waals surface area contributed by atoms with Crippen molar-refractivity contribution in [2.45, 2.75) is 26.7 Å². The average molecular weight is 348 g/mol. The Morgan fingerprint density at radius 3 is 2.72 bits per heavy atom. The van der Waals surface area contributed by atoms with Gasteiger partial charge in [-0.2, -0.15) is 0 Å². The summed E-state index contributed by atoms with van der Waals surface area (Å²) in [4.78, 5) is 22.6. The minimum Gasteiger partial charge on any atom is -0.504 e. The number of aliphatic carboxylic acids is 1. The fraction of sp³-hybridized carbons (Fsp3) is 0.333. The Morgan fingerprint density at radius 2 is 2.04 bits per heavy atom. The maximum absolute atomic E-state index is 12.1. The average Bonchev–Trinajstić information content (AvgIpc) is 2.54. The fourth-order valence-corrected chi connectivity index (χ4v) is 2.10. The van der Waals surface area contributed by atoms with Crippen LogP contribution >= 0.6 is 0 Å². The second kappa shape index (κ2) is 8.23. The minimum absolute atomic E-state index is 0.0255. The minimum atomic E-state index is -0.913. The number of hydrogen-bond donors (Lipinski definition) is 2. The molecule has 1 aromatic carbocycles. The highest BCUT2D eigenvalue weighted by Crippen LogP contribution is 2.35. The van der Waals surface area contributed by atoms with Crippen LogP contribution in [0.15, 0.2) is 39.1 Å². The Balaban J connectivity index is 2.28. The number of carbonyl (C=O) groups is 1. The van der Waals surface area contributed by atoms with Crippen molar-refractivity contribution in [2.75, 3.05) is 13.2 Å². The molecule has 0 fully saturated rings. The van der Waals surface area contributed by atoms with Crippen molar-refractivity contribution in [3.05, 3.63) is 40.3 Å². The van der Waals surface area contributed by atoms with Crippen molar-refractivity contribution < 1.29 is 28.9 Å². The van der Waals surface area contributed by atoms with E-state index in [1.165, 1.54) is 0 Å². The lowest BCUT2D eigenvalue weighted by Gasteiger charge is -2.10. The monoisotopic (exact) mass is 348 g/mol. The van der Waals surface area contributed by atoms with Gasteiger partial charge in [0.25, 0.3) is 0 Å². The predicted molar refractivity (Wildman–Crippen MR) is 91.4 cm³/mol. The van der Waals surface area contributed by atoms with Crippen LogP contribution in [0.2, 0.25) is 0 Å². The maximum atomic E-state index is 12.1. The van der Waals surface area contributed by atoms with Gasteiger partial charge in [-0.1, -0.05) is 11.6 Å². The molecule has 25 heavy (non-hydrogen) atoms. The van der Waals surface area contributed by atoms with E-state index in [1.54, 1.807) is 24.3 Å². The van der Waals surface area contributed by atoms with E-state index in [1.807, 2.05) is 13.8 Å². The molecule has 2 aromatic rings. The Hall–Kier alpha value is -2.96. The van der Waals surface area contributed by atoms with Gasteiger partial charge < -0.3 is 24.1 Å². The molecule has 0 saturated heterocycles. The number of benzene rings is 1. The number of aromatic hydroxyl groups is 1. The van der Waals surface area contributed by atoms with Crippen molar-refractivity contribution in [3.8, 4) is 17.2 Å². The lowest BCUT2D eigenvalue weighted by atomic mass is 10.2. The van der Waals surface area contributed by atoms with Gasteiger partial charge in [-0.15, -0.1) is 0 Å². The molecule has 134 valence electrons. The lowest BCUT2D eigenvalue weighted by molar-refractivity contribution is -0.137. The number of hydrogen-bond acceptors (Lipinski definition) is 6. The SMILES string of the molecule is CC(C)=CCOc1c(O)c2cccc(OCCCC(=O)O)c2oc1=O. The molecule has 2 rings (SSSR count). The summed E-state index contributed by atoms with van der Waals surface area (Å²) in [6.45, 7) is 4.06. The summed E-state index contributed by atoms with van der Waals surface area (Å²) in [6, 6.07) is 4.79. The first-order chi connectivity index (χ1) is 11.9. The number of carboxylic acids is 1. The number of ether oxygens (including phenoxy) is 2. The van der Waals surface area contributed by atoms with Gasteiger partial charge in [0.05, 0.1) is 12.0 Å². The molecule has 0 aliphatic rings. The molecule has 0 bridgehead atoms. The summed E-state index contributed by atoms with van der Waals surface area (Å²) in [7, 11) is 0. The van der Waals surface area contributed by atoms with Crippen LogP contribution in [0.3, 0.4) is 0 Å². The molecular weight excluding hydrogens is 328 g/mol. The van der Waals surface area contributed by atoms with Gasteiger partial charge in [0.15, 0.2) is 17.1 Å². The number of para-hydroxylation sites is 1. The lowest BCUT2D eigenvalue weighted by Crippen LogP contribution is -2.08. The first-order valence-electron chi connectivity index (χ1n) is 7.79. The van der Waals surface area contributed by atoms with Crippen molar-refractivity contribution in [3.63, 3.8) is 0 Å². The highest BCUT2D eigenvalue weighted by Gasteiger charge is 2.18. The normalized spacial score (nSPS) is 10.5. The van der Waals surface area contributed by atoms with Crippen LogP contribution < -0.4 is 15.1 Å². The highest BCUT2D eigenvalue weighted by molar-refractivity contribution is 5.89. The molecule has 0 aliphatic carbocycles. The van der Waals surface area contributed by atoms with Crippen molar-refractivity contribution in [1.82, 2.24) is 0 Å². The van der Waals surface area contributed by atoms with Crippen LogP contribution in [0.25, 0.3) is 11.0 Å². The molecule has 0 unspecified atom stereocenters. The molecule has 0 saturated carbocycles. The highest BCUT2D eigenvalue weighted by atomic mass is 16.5. The molecule has 0 aliphatic heterocycles. The molecule has 1 heterocycles. The van der Waals surface area contributed by atoms with Gasteiger partial charge in [-0.3, -0.25) is 4.79 Å². The molecule has 0 spiro atoms. The molecule has 7 heteroatoms. The van der Waals surface area contributed by atoms with E-state index in [2.05, 4.69) is 0 Å². The summed E-state index contributed by atoms with van der Waals surface area (Å²) in [6.07, 6.45) is 2.05. The summed E-state index contributed by atoms with van der Waals surface area (Å²) in [5.74, 6) is -1.23. The zero-order valence-electron chi connectivity index (χ0n) is 14.1. The van der Waals surface area contributed by atoms with Crippen molar-refractivity contribution in [1.29, 1.82) is 0 Å². The van der Waals surface area contributed by atoms with E-state index in [0.717, 1.165) is 5.57 Å². The van der Waals surface area contributed by atoms with Crippen LogP contribution in [-0.2, 0) is 4.79 Å². The van der Waals surface area contributed by atoms with Gasteiger partial charge in [0, 0.05) is 6.42 Å². The molecule has 0 amide bonds. The summed E-state index contributed by atoms with van der Waals surface area (Å²) < 4.78 is 16.0. The quantitative estimate of drug-likeness (QED) is 0.429. The molecule has 1 aromatic heterocycles. The van der Waals surface area contributed by atoms with Crippen LogP contribution in [0.4, 0.5) is 0 Å². The Labute approximate surface area is 144 Å². The van der Waals surface area contributed by atoms with E-state index in [-0.39, 0.29) is 47.9 Å². The van der Waals surface area contributed by atoms with E-state index >= 15 is 0 Å². The fourth-order valence-electron chi connectivity index (χ4n) is 2.10. The summed E-state index contributed by atoms with van der Waals surface area (Å²) in [5.41, 5.74) is 0.297. The van der Waals surface area contributed by atoms with Crippen LogP contribution in [0.5, 0.6) is 17.2 Å². The van der Waals surface area contributed by atoms with Crippen LogP contribution in [0.1, 0.15) is 26.7 Å². The van der Waals surface area contributed by atoms with E-state index in [0.29, 0.717) is 6.42 Å². The third kappa shape index (κ3) is 4.76. The second-order valence-electron chi connectivity index (χ2n) is 5.64. The van der Waals surface area contributed by atoms with Gasteiger partial charge in [-0.25, -0.2) is 4.79 Å². The second-order valence-corrected chi connectivity index (χ2v) is 5.64. The molecule has 7 nitrogen and oxygen atoms in total. The predicted octanol–water partition coefficient (Wildman–Crippen LogP) is 3.09. The number of allylic oxidation sites excluding steroid dienone is 1. The Kier molecular flexibility index (Phi) is 6.05. The van der Waals surface area contributed by atoms with Crippen LogP contribution in [0, 0.1) is 0 Å². The Morgan fingerprint density at radius 1 is 1.28 bits per heavy atom. The zero-order valence-corrected chi connectivity index (χ0v) is 14.1. The topological polar surface area (TPSA) is 106 Å². The zero-order chi connectivity index (χ0) is 18.4. The number of rotatable bonds is 8. The van der Waals surface area contributed by atoms with Crippen molar-refractivity contribution >= 4 is 16.9 Å². The van der Waals surface area contributed by atoms with Crippen molar-refractivity contribution in [2.24, 2.45) is 0 Å². The van der Waals surface area contributed by atoms with E-state index < -0.39 is 11.6 Å². The molecule has 0 atom stereocenters. The van der Waals surface area contributed by atoms with Gasteiger partial charge in [0.1, 0.15) is 6.61 Å². The third-order valence-corrected chi connectivity index (χ3v) is 3.34. The maximum Gasteiger partial charge on any atom is 0.383 e. The van der Waals surface area contributed by atoms with E-state index in [4.69, 9.17) is 19.0 Å². The third-order valence-electron chi connectivity index (χ3n) is 3.34. The summed E-state index contributed by atoms with van der Waals surface area (Å²) >= 11 is 0. The Bertz CT molecular complexity index is 844. The van der Waals surface area contributed by atoms with Gasteiger partial charge in [-0.05, 0) is 38.5 Å². The smallest absolute Gasteiger partial charge is 0.383 e.